The summed E-state index contributed by atoms with van der Waals surface area (Å²) in [7, 11) is -0.380. The molecule has 0 aliphatic heterocycles. The summed E-state index contributed by atoms with van der Waals surface area (Å²) in [4.78, 5) is 0. The van der Waals surface area contributed by atoms with Gasteiger partial charge >= 0.3 is 7.69 Å². The fraction of sp³-hybridized carbons (Fsp3) is 0. The number of fused-ring (bicyclic) bond motifs is 4. The van der Waals surface area contributed by atoms with E-state index in [2.05, 4.69) is 121 Å². The predicted molar refractivity (Wildman–Crippen MR) is 157 cm³/mol. The molecule has 0 fully saturated rings. The van der Waals surface area contributed by atoms with Gasteiger partial charge in [-0.05, 0) is 72.8 Å². The lowest BCUT2D eigenvalue weighted by molar-refractivity contribution is 0.459. The van der Waals surface area contributed by atoms with E-state index in [-0.39, 0.29) is 7.69 Å². The van der Waals surface area contributed by atoms with Crippen molar-refractivity contribution in [3.05, 3.63) is 127 Å². The minimum Gasteiger partial charge on any atom is -0.538 e. The van der Waals surface area contributed by atoms with Gasteiger partial charge in [-0.25, -0.2) is 0 Å². The fourth-order valence-electron chi connectivity index (χ4n) is 5.56. The van der Waals surface area contributed by atoms with Crippen LogP contribution in [-0.4, -0.2) is 12.7 Å². The summed E-state index contributed by atoms with van der Waals surface area (Å²) in [5.74, 6) is 0.709. The first-order chi connectivity index (χ1) is 18.3. The maximum absolute atomic E-state index is 9.83. The Kier molecular flexibility index (Phi) is 5.16. The third kappa shape index (κ3) is 3.64. The Balaban J connectivity index is 1.54. The highest BCUT2D eigenvalue weighted by molar-refractivity contribution is 6.23. The van der Waals surface area contributed by atoms with Gasteiger partial charge in [-0.3, -0.25) is 0 Å². The van der Waals surface area contributed by atoms with Gasteiger partial charge in [-0.2, -0.15) is 0 Å². The van der Waals surface area contributed by atoms with Gasteiger partial charge in [0.05, 0.1) is 0 Å². The molecule has 1 N–H and O–H groups in total. The smallest absolute Gasteiger partial charge is 0.504 e. The predicted octanol–water partition coefficient (Wildman–Crippen LogP) is 8.27. The van der Waals surface area contributed by atoms with Crippen LogP contribution in [-0.2, 0) is 0 Å². The van der Waals surface area contributed by atoms with Crippen LogP contribution in [0.1, 0.15) is 0 Å². The zero-order valence-electron chi connectivity index (χ0n) is 20.2. The van der Waals surface area contributed by atoms with Crippen LogP contribution in [0.25, 0.3) is 65.3 Å². The lowest BCUT2D eigenvalue weighted by Gasteiger charge is -2.18. The lowest BCUT2D eigenvalue weighted by Crippen LogP contribution is -2.02. The fourth-order valence-corrected chi connectivity index (χ4v) is 5.56. The van der Waals surface area contributed by atoms with Crippen LogP contribution in [0, 0.1) is 0 Å². The van der Waals surface area contributed by atoms with E-state index in [9.17, 15) is 5.02 Å². The molecule has 7 rings (SSSR count). The van der Waals surface area contributed by atoms with E-state index in [1.54, 1.807) is 0 Å². The van der Waals surface area contributed by atoms with Gasteiger partial charge in [-0.15, -0.1) is 0 Å². The topological polar surface area (TPSA) is 29.5 Å². The summed E-state index contributed by atoms with van der Waals surface area (Å²) in [6, 6.07) is 45.0. The first-order valence-electron chi connectivity index (χ1n) is 12.5. The van der Waals surface area contributed by atoms with Crippen molar-refractivity contribution in [1.82, 2.24) is 0 Å². The molecule has 0 bridgehead atoms. The molecule has 0 saturated heterocycles. The van der Waals surface area contributed by atoms with Crippen molar-refractivity contribution in [2.45, 2.75) is 0 Å². The quantitative estimate of drug-likeness (QED) is 0.206. The first kappa shape index (κ1) is 21.7. The summed E-state index contributed by atoms with van der Waals surface area (Å²) >= 11 is 0. The second-order valence-corrected chi connectivity index (χ2v) is 9.41. The van der Waals surface area contributed by atoms with E-state index in [4.69, 9.17) is 4.65 Å². The third-order valence-corrected chi connectivity index (χ3v) is 7.30. The Morgan fingerprint density at radius 3 is 1.65 bits per heavy atom. The molecular weight excluding hydrogens is 451 g/mol. The van der Waals surface area contributed by atoms with Gasteiger partial charge in [0.15, 0.2) is 0 Å². The van der Waals surface area contributed by atoms with Crippen molar-refractivity contribution in [3.8, 4) is 28.0 Å². The van der Waals surface area contributed by atoms with Crippen LogP contribution in [0.4, 0.5) is 0 Å². The van der Waals surface area contributed by atoms with E-state index in [0.717, 1.165) is 38.2 Å². The third-order valence-electron chi connectivity index (χ3n) is 7.30. The Bertz CT molecular complexity index is 1960. The molecule has 0 heterocycles. The molecule has 0 unspecified atom stereocenters. The molecule has 0 aliphatic carbocycles. The van der Waals surface area contributed by atoms with Crippen molar-refractivity contribution in [2.75, 3.05) is 0 Å². The molecule has 0 spiro atoms. The molecule has 0 saturated carbocycles. The van der Waals surface area contributed by atoms with Crippen LogP contribution in [0.3, 0.4) is 0 Å². The van der Waals surface area contributed by atoms with E-state index in [1.807, 2.05) is 6.07 Å². The lowest BCUT2D eigenvalue weighted by atomic mass is 9.88. The molecule has 0 atom stereocenters. The number of rotatable bonds is 4. The highest BCUT2D eigenvalue weighted by atomic mass is 16.5. The first-order valence-corrected chi connectivity index (χ1v) is 12.5. The van der Waals surface area contributed by atoms with Crippen LogP contribution < -0.4 is 4.65 Å². The summed E-state index contributed by atoms with van der Waals surface area (Å²) in [6.45, 7) is 0. The summed E-state index contributed by atoms with van der Waals surface area (Å²) < 4.78 is 5.91. The van der Waals surface area contributed by atoms with Gasteiger partial charge in [0, 0.05) is 10.8 Å². The zero-order valence-corrected chi connectivity index (χ0v) is 20.2. The molecule has 2 nitrogen and oxygen atoms in total. The number of hydrogen-bond donors (Lipinski definition) is 1. The van der Waals surface area contributed by atoms with Crippen LogP contribution in [0.15, 0.2) is 127 Å². The summed E-state index contributed by atoms with van der Waals surface area (Å²) in [5, 5.41) is 18.9. The Hall–Kier alpha value is -4.60. The SMILES string of the molecule is OBOc1c2ccccc2c(-c2ccc3ccccc3c2)c2ccc(-c3ccc4ccccc4c3)cc12. The van der Waals surface area contributed by atoms with Gasteiger partial charge in [0.1, 0.15) is 5.75 Å². The zero-order chi connectivity index (χ0) is 24.8. The van der Waals surface area contributed by atoms with E-state index < -0.39 is 0 Å². The summed E-state index contributed by atoms with van der Waals surface area (Å²) in [5.41, 5.74) is 4.59. The molecular formula is C34H23BO2. The molecule has 0 aliphatic rings. The van der Waals surface area contributed by atoms with E-state index in [0.29, 0.717) is 5.75 Å². The molecule has 3 heteroatoms. The molecule has 0 radical (unpaired) electrons. The van der Waals surface area contributed by atoms with Gasteiger partial charge in [0.2, 0.25) is 0 Å². The van der Waals surface area contributed by atoms with Crippen molar-refractivity contribution in [3.63, 3.8) is 0 Å². The van der Waals surface area contributed by atoms with Crippen molar-refractivity contribution >= 4 is 50.8 Å². The average Bonchev–Trinajstić information content (AvgIpc) is 2.96. The normalized spacial score (nSPS) is 11.4. The largest absolute Gasteiger partial charge is 0.538 e. The van der Waals surface area contributed by atoms with Gasteiger partial charge in [0.25, 0.3) is 0 Å². The number of benzene rings is 7. The average molecular weight is 474 g/mol. The molecule has 37 heavy (non-hydrogen) atoms. The molecule has 0 aromatic heterocycles. The highest BCUT2D eigenvalue weighted by Gasteiger charge is 2.17. The molecule has 7 aromatic carbocycles. The molecule has 7 aromatic rings. The van der Waals surface area contributed by atoms with E-state index in [1.165, 1.54) is 27.1 Å². The second-order valence-electron chi connectivity index (χ2n) is 9.41. The monoisotopic (exact) mass is 474 g/mol. The standard InChI is InChI=1S/C34H23BO2/c36-35-37-34-31-12-6-5-11-29(31)33(28-16-14-23-8-2-4-10-25(23)20-28)30-18-17-27(21-32(30)34)26-15-13-22-7-1-3-9-24(22)19-26/h1-21,35-36H. The van der Waals surface area contributed by atoms with Crippen molar-refractivity contribution in [2.24, 2.45) is 0 Å². The van der Waals surface area contributed by atoms with Gasteiger partial charge < -0.3 is 9.68 Å². The Labute approximate surface area is 215 Å². The second kappa shape index (κ2) is 8.81. The number of hydrogen-bond acceptors (Lipinski definition) is 2. The Morgan fingerprint density at radius 2 is 0.946 bits per heavy atom. The molecule has 0 amide bonds. The van der Waals surface area contributed by atoms with Crippen molar-refractivity contribution in [1.29, 1.82) is 0 Å². The maximum atomic E-state index is 9.83. The van der Waals surface area contributed by atoms with Gasteiger partial charge in [-0.1, -0.05) is 109 Å². The van der Waals surface area contributed by atoms with Crippen LogP contribution in [0.5, 0.6) is 5.75 Å². The molecule has 174 valence electrons. The Morgan fingerprint density at radius 1 is 0.432 bits per heavy atom. The maximum Gasteiger partial charge on any atom is 0.504 e. The van der Waals surface area contributed by atoms with E-state index >= 15 is 0 Å². The van der Waals surface area contributed by atoms with Crippen molar-refractivity contribution < 1.29 is 9.68 Å². The van der Waals surface area contributed by atoms with Crippen LogP contribution in [0.2, 0.25) is 0 Å². The highest BCUT2D eigenvalue weighted by Crippen LogP contribution is 2.45. The summed E-state index contributed by atoms with van der Waals surface area (Å²) in [6.07, 6.45) is 0. The minimum atomic E-state index is -0.380. The minimum absolute atomic E-state index is 0.380. The van der Waals surface area contributed by atoms with Crippen LogP contribution >= 0.6 is 0 Å².